The van der Waals surface area contributed by atoms with E-state index in [-0.39, 0.29) is 50.3 Å². The van der Waals surface area contributed by atoms with E-state index in [0.29, 0.717) is 5.56 Å². The molecule has 4 aromatic rings. The summed E-state index contributed by atoms with van der Waals surface area (Å²) in [5.41, 5.74) is -0.907. The molecule has 0 aliphatic heterocycles. The van der Waals surface area contributed by atoms with E-state index in [9.17, 15) is 27.9 Å². The normalized spacial score (nSPS) is 11.6. The topological polar surface area (TPSA) is 110 Å². The van der Waals surface area contributed by atoms with E-state index < -0.39 is 29.8 Å². The van der Waals surface area contributed by atoms with Gasteiger partial charge in [0.2, 0.25) is 0 Å². The molecule has 0 saturated heterocycles. The van der Waals surface area contributed by atoms with Crippen molar-refractivity contribution in [1.82, 2.24) is 19.5 Å². The number of carbonyl (C=O) groups excluding carboxylic acids is 1. The number of alkyl halides is 3. The molecule has 0 atom stereocenters. The quantitative estimate of drug-likeness (QED) is 0.403. The van der Waals surface area contributed by atoms with Crippen molar-refractivity contribution in [3.05, 3.63) is 85.9 Å². The minimum Gasteiger partial charge on any atom is -0.505 e. The molecule has 8 nitrogen and oxygen atoms in total. The molecule has 36 heavy (non-hydrogen) atoms. The molecule has 0 aliphatic carbocycles. The first-order valence-corrected chi connectivity index (χ1v) is 11.0. The third kappa shape index (κ3) is 4.61. The first kappa shape index (κ1) is 25.1. The van der Waals surface area contributed by atoms with Crippen LogP contribution in [0.1, 0.15) is 38.8 Å². The van der Waals surface area contributed by atoms with Crippen molar-refractivity contribution in [2.24, 2.45) is 0 Å². The Bertz CT molecular complexity index is 1560. The van der Waals surface area contributed by atoms with Crippen LogP contribution in [0.15, 0.2) is 41.3 Å². The number of aromatic nitrogens is 4. The van der Waals surface area contributed by atoms with Crippen molar-refractivity contribution in [3.8, 4) is 5.75 Å². The number of benzene rings is 1. The van der Waals surface area contributed by atoms with Crippen LogP contribution in [-0.4, -0.2) is 30.5 Å². The summed E-state index contributed by atoms with van der Waals surface area (Å²) in [6.07, 6.45) is -3.44. The SMILES string of the molecule is Cc1nc(C(=O)Nc2ccc(C)c3nc(C)n(Cc4ncccc4C(F)(F)F)c(=O)c23)cc(Cl)c1O. The maximum absolute atomic E-state index is 13.6. The van der Waals surface area contributed by atoms with Gasteiger partial charge in [-0.05, 0) is 50.6 Å². The van der Waals surface area contributed by atoms with Gasteiger partial charge in [0, 0.05) is 6.20 Å². The Hall–Kier alpha value is -3.99. The summed E-state index contributed by atoms with van der Waals surface area (Å²) in [6.45, 7) is 4.22. The Morgan fingerprint density at radius 1 is 1.17 bits per heavy atom. The minimum absolute atomic E-state index is 0.0139. The van der Waals surface area contributed by atoms with Crippen LogP contribution in [0, 0.1) is 20.8 Å². The predicted octanol–water partition coefficient (Wildman–Crippen LogP) is 4.79. The van der Waals surface area contributed by atoms with Crippen molar-refractivity contribution in [2.75, 3.05) is 5.32 Å². The number of halogens is 4. The van der Waals surface area contributed by atoms with E-state index in [1.807, 2.05) is 0 Å². The summed E-state index contributed by atoms with van der Waals surface area (Å²) < 4.78 is 41.5. The highest BCUT2D eigenvalue weighted by Crippen LogP contribution is 2.32. The lowest BCUT2D eigenvalue weighted by Gasteiger charge is -2.16. The van der Waals surface area contributed by atoms with Gasteiger partial charge in [-0.15, -0.1) is 0 Å². The zero-order valence-corrected chi connectivity index (χ0v) is 20.0. The Kier molecular flexibility index (Phi) is 6.44. The molecule has 0 unspecified atom stereocenters. The minimum atomic E-state index is -4.66. The Balaban J connectivity index is 1.83. The second-order valence-electron chi connectivity index (χ2n) is 8.08. The number of carbonyl (C=O) groups is 1. The standard InChI is InChI=1S/C24H19ClF3N5O3/c1-11-6-7-16(32-22(35)17-9-15(25)21(34)12(2)30-17)19-20(11)31-13(3)33(23(19)36)10-18-14(24(26,27)28)5-4-8-29-18/h4-9,34H,10H2,1-3H3,(H,32,35). The van der Waals surface area contributed by atoms with Crippen LogP contribution >= 0.6 is 11.6 Å². The Morgan fingerprint density at radius 2 is 1.89 bits per heavy atom. The maximum Gasteiger partial charge on any atom is 0.418 e. The van der Waals surface area contributed by atoms with E-state index in [0.717, 1.165) is 10.6 Å². The molecule has 0 bridgehead atoms. The number of hydrogen-bond acceptors (Lipinski definition) is 6. The lowest BCUT2D eigenvalue weighted by atomic mass is 10.1. The van der Waals surface area contributed by atoms with Gasteiger partial charge in [0.25, 0.3) is 11.5 Å². The third-order valence-electron chi connectivity index (χ3n) is 5.61. The molecule has 0 spiro atoms. The fourth-order valence-corrected chi connectivity index (χ4v) is 3.99. The maximum atomic E-state index is 13.6. The molecule has 0 radical (unpaired) electrons. The number of rotatable bonds is 4. The highest BCUT2D eigenvalue weighted by atomic mass is 35.5. The fourth-order valence-electron chi connectivity index (χ4n) is 3.75. The highest BCUT2D eigenvalue weighted by Gasteiger charge is 2.34. The molecule has 1 aromatic carbocycles. The average molecular weight is 518 g/mol. The van der Waals surface area contributed by atoms with Gasteiger partial charge in [-0.1, -0.05) is 17.7 Å². The van der Waals surface area contributed by atoms with Gasteiger partial charge >= 0.3 is 6.18 Å². The molecule has 0 fully saturated rings. The first-order chi connectivity index (χ1) is 16.9. The van der Waals surface area contributed by atoms with Gasteiger partial charge in [-0.2, -0.15) is 13.2 Å². The molecular weight excluding hydrogens is 499 g/mol. The molecule has 0 saturated carbocycles. The monoisotopic (exact) mass is 517 g/mol. The van der Waals surface area contributed by atoms with Crippen molar-refractivity contribution < 1.29 is 23.1 Å². The van der Waals surface area contributed by atoms with Gasteiger partial charge in [0.05, 0.1) is 45.1 Å². The van der Waals surface area contributed by atoms with Crippen LogP contribution in [0.3, 0.4) is 0 Å². The number of fused-ring (bicyclic) bond motifs is 1. The molecule has 3 aromatic heterocycles. The molecule has 0 aliphatic rings. The van der Waals surface area contributed by atoms with Crippen LogP contribution in [0.2, 0.25) is 5.02 Å². The third-order valence-corrected chi connectivity index (χ3v) is 5.90. The summed E-state index contributed by atoms with van der Waals surface area (Å²) in [5, 5.41) is 12.3. The number of aromatic hydroxyl groups is 1. The molecular formula is C24H19ClF3N5O3. The second kappa shape index (κ2) is 9.23. The van der Waals surface area contributed by atoms with E-state index in [1.54, 1.807) is 13.0 Å². The van der Waals surface area contributed by atoms with Gasteiger partial charge in [0.1, 0.15) is 11.5 Å². The number of anilines is 1. The summed E-state index contributed by atoms with van der Waals surface area (Å²) >= 11 is 5.95. The first-order valence-electron chi connectivity index (χ1n) is 10.6. The largest absolute Gasteiger partial charge is 0.505 e. The van der Waals surface area contributed by atoms with Crippen molar-refractivity contribution in [2.45, 2.75) is 33.5 Å². The second-order valence-corrected chi connectivity index (χ2v) is 8.48. The van der Waals surface area contributed by atoms with E-state index in [2.05, 4.69) is 20.3 Å². The number of amides is 1. The number of nitrogens with one attached hydrogen (secondary N) is 1. The highest BCUT2D eigenvalue weighted by molar-refractivity contribution is 6.32. The van der Waals surface area contributed by atoms with Crippen LogP contribution in [0.25, 0.3) is 10.9 Å². The van der Waals surface area contributed by atoms with Crippen molar-refractivity contribution >= 4 is 34.1 Å². The van der Waals surface area contributed by atoms with Crippen LogP contribution in [0.5, 0.6) is 5.75 Å². The summed E-state index contributed by atoms with van der Waals surface area (Å²) in [6, 6.07) is 6.38. The van der Waals surface area contributed by atoms with Gasteiger partial charge in [-0.3, -0.25) is 19.1 Å². The predicted molar refractivity (Wildman–Crippen MR) is 127 cm³/mol. The van der Waals surface area contributed by atoms with Crippen LogP contribution in [-0.2, 0) is 12.7 Å². The van der Waals surface area contributed by atoms with E-state index >= 15 is 0 Å². The summed E-state index contributed by atoms with van der Waals surface area (Å²) in [5.74, 6) is -0.787. The Labute approximate surface area is 207 Å². The molecule has 12 heteroatoms. The van der Waals surface area contributed by atoms with Crippen molar-refractivity contribution in [1.29, 1.82) is 0 Å². The summed E-state index contributed by atoms with van der Waals surface area (Å²) in [7, 11) is 0. The number of hydrogen-bond donors (Lipinski definition) is 2. The Morgan fingerprint density at radius 3 is 2.56 bits per heavy atom. The van der Waals surface area contributed by atoms with Crippen molar-refractivity contribution in [3.63, 3.8) is 0 Å². The van der Waals surface area contributed by atoms with Crippen LogP contribution in [0.4, 0.5) is 18.9 Å². The number of nitrogens with zero attached hydrogens (tertiary/aromatic N) is 4. The molecule has 186 valence electrons. The lowest BCUT2D eigenvalue weighted by molar-refractivity contribution is -0.138. The lowest BCUT2D eigenvalue weighted by Crippen LogP contribution is -2.27. The molecule has 4 rings (SSSR count). The smallest absolute Gasteiger partial charge is 0.418 e. The van der Waals surface area contributed by atoms with Gasteiger partial charge < -0.3 is 10.4 Å². The molecule has 2 N–H and O–H groups in total. The zero-order valence-electron chi connectivity index (χ0n) is 19.2. The van der Waals surface area contributed by atoms with E-state index in [4.69, 9.17) is 11.6 Å². The fraction of sp³-hybridized carbons (Fsp3) is 0.208. The van der Waals surface area contributed by atoms with E-state index in [1.165, 1.54) is 38.2 Å². The van der Waals surface area contributed by atoms with Crippen LogP contribution < -0.4 is 10.9 Å². The zero-order chi connectivity index (χ0) is 26.4. The van der Waals surface area contributed by atoms with Gasteiger partial charge in [0.15, 0.2) is 5.75 Å². The average Bonchev–Trinajstić information content (AvgIpc) is 2.81. The summed E-state index contributed by atoms with van der Waals surface area (Å²) in [4.78, 5) is 38.7. The molecule has 1 amide bonds. The molecule has 3 heterocycles. The number of aryl methyl sites for hydroxylation is 3. The number of pyridine rings is 2. The van der Waals surface area contributed by atoms with Gasteiger partial charge in [-0.25, -0.2) is 9.97 Å².